The van der Waals surface area contributed by atoms with Crippen molar-refractivity contribution < 1.29 is 4.57 Å². The molecule has 0 spiro atoms. The molecule has 2 nitrogen and oxygen atoms in total. The molecule has 0 bridgehead atoms. The summed E-state index contributed by atoms with van der Waals surface area (Å²) < 4.78 is 12.7. The number of hydrogen-bond donors (Lipinski definition) is 0. The largest absolute Gasteiger partial charge is 0.324 e. The van der Waals surface area contributed by atoms with Gasteiger partial charge < -0.3 is 4.57 Å². The first-order chi connectivity index (χ1) is 9.62. The number of rotatable bonds is 2. The summed E-state index contributed by atoms with van der Waals surface area (Å²) in [6, 6.07) is 9.00. The molecule has 2 unspecified atom stereocenters. The van der Waals surface area contributed by atoms with Gasteiger partial charge in [-0.2, -0.15) is 0 Å². The highest BCUT2D eigenvalue weighted by atomic mass is 31.2. The van der Waals surface area contributed by atoms with Gasteiger partial charge in [0.15, 0.2) is 0 Å². The van der Waals surface area contributed by atoms with Gasteiger partial charge in [0.25, 0.3) is 0 Å². The highest BCUT2D eigenvalue weighted by Crippen LogP contribution is 2.52. The van der Waals surface area contributed by atoms with Gasteiger partial charge in [0, 0.05) is 30.4 Å². The molecule has 1 aromatic rings. The summed E-state index contributed by atoms with van der Waals surface area (Å²) in [5.41, 5.74) is 2.89. The van der Waals surface area contributed by atoms with Crippen LogP contribution in [-0.4, -0.2) is 36.0 Å². The summed E-state index contributed by atoms with van der Waals surface area (Å²) in [4.78, 5) is 2.55. The molecule has 1 heterocycles. The minimum atomic E-state index is -2.01. The van der Waals surface area contributed by atoms with Crippen molar-refractivity contribution in [1.29, 1.82) is 0 Å². The summed E-state index contributed by atoms with van der Waals surface area (Å²) in [6.07, 6.45) is 1.67. The van der Waals surface area contributed by atoms with Crippen LogP contribution in [0.3, 0.4) is 0 Å². The molecule has 1 saturated heterocycles. The van der Waals surface area contributed by atoms with Gasteiger partial charge in [-0.15, -0.1) is 0 Å². The Labute approximate surface area is 130 Å². The summed E-state index contributed by atoms with van der Waals surface area (Å²) in [5, 5.41) is 0. The Morgan fingerprint density at radius 3 is 2.43 bits per heavy atom. The van der Waals surface area contributed by atoms with Crippen LogP contribution in [0.1, 0.15) is 57.7 Å². The lowest BCUT2D eigenvalue weighted by Crippen LogP contribution is -2.49. The Morgan fingerprint density at radius 1 is 1.24 bits per heavy atom. The second kappa shape index (κ2) is 5.89. The highest BCUT2D eigenvalue weighted by molar-refractivity contribution is 7.63. The molecule has 21 heavy (non-hydrogen) atoms. The molecule has 1 aliphatic rings. The average Bonchev–Trinajstić information content (AvgIpc) is 2.36. The quantitative estimate of drug-likeness (QED) is 0.720. The second-order valence-electron chi connectivity index (χ2n) is 7.87. The van der Waals surface area contributed by atoms with E-state index in [1.54, 1.807) is 0 Å². The van der Waals surface area contributed by atoms with Crippen molar-refractivity contribution in [2.75, 3.05) is 25.5 Å². The Balaban J connectivity index is 2.48. The van der Waals surface area contributed by atoms with Gasteiger partial charge in [-0.25, -0.2) is 0 Å². The van der Waals surface area contributed by atoms with Crippen LogP contribution >= 0.6 is 7.14 Å². The predicted molar refractivity (Wildman–Crippen MR) is 93.0 cm³/mol. The molecular weight excluding hydrogens is 277 g/mol. The Hall–Kier alpha value is -0.590. The minimum Gasteiger partial charge on any atom is -0.324 e. The van der Waals surface area contributed by atoms with Crippen LogP contribution in [0.5, 0.6) is 0 Å². The van der Waals surface area contributed by atoms with E-state index < -0.39 is 7.14 Å². The fourth-order valence-corrected chi connectivity index (χ4v) is 5.39. The monoisotopic (exact) mass is 307 g/mol. The normalized spacial score (nSPS) is 28.0. The van der Waals surface area contributed by atoms with Crippen LogP contribution in [0.15, 0.2) is 24.3 Å². The first-order valence-corrected chi connectivity index (χ1v) is 10.6. The Bertz CT molecular complexity index is 544. The van der Waals surface area contributed by atoms with Crippen molar-refractivity contribution in [3.05, 3.63) is 35.4 Å². The van der Waals surface area contributed by atoms with Crippen molar-refractivity contribution in [2.45, 2.75) is 52.1 Å². The number of hydrogen-bond acceptors (Lipinski definition) is 2. The molecule has 118 valence electrons. The van der Waals surface area contributed by atoms with E-state index in [1.807, 2.05) is 6.66 Å². The van der Waals surface area contributed by atoms with Crippen LogP contribution in [0.2, 0.25) is 0 Å². The number of nitrogens with zero attached hydrogens (tertiary/aromatic N) is 1. The molecule has 2 atom stereocenters. The fourth-order valence-electron chi connectivity index (χ4n) is 3.44. The van der Waals surface area contributed by atoms with Crippen LogP contribution in [0.4, 0.5) is 0 Å². The maximum absolute atomic E-state index is 12.7. The molecule has 0 aliphatic carbocycles. The lowest BCUT2D eigenvalue weighted by atomic mass is 9.90. The van der Waals surface area contributed by atoms with E-state index in [0.29, 0.717) is 5.92 Å². The van der Waals surface area contributed by atoms with Crippen molar-refractivity contribution in [3.8, 4) is 0 Å². The van der Waals surface area contributed by atoms with Crippen molar-refractivity contribution in [3.63, 3.8) is 0 Å². The maximum Gasteiger partial charge on any atom is 0.0879 e. The van der Waals surface area contributed by atoms with E-state index in [0.717, 1.165) is 18.9 Å². The van der Waals surface area contributed by atoms with E-state index in [4.69, 9.17) is 0 Å². The molecule has 2 rings (SSSR count). The molecule has 1 aromatic carbocycles. The van der Waals surface area contributed by atoms with E-state index in [1.165, 1.54) is 11.1 Å². The lowest BCUT2D eigenvalue weighted by Gasteiger charge is -2.47. The third-order valence-electron chi connectivity index (χ3n) is 4.59. The van der Waals surface area contributed by atoms with E-state index in [-0.39, 0.29) is 11.6 Å². The predicted octanol–water partition coefficient (Wildman–Crippen LogP) is 4.96. The first kappa shape index (κ1) is 16.8. The van der Waals surface area contributed by atoms with Crippen LogP contribution < -0.4 is 0 Å². The Morgan fingerprint density at radius 2 is 1.86 bits per heavy atom. The molecule has 1 aliphatic heterocycles. The molecule has 0 saturated carbocycles. The average molecular weight is 307 g/mol. The third-order valence-corrected chi connectivity index (χ3v) is 6.85. The SMILES string of the molecule is CC(C)c1ccccc1C1CP(C)(=O)CCN1C(C)(C)C. The topological polar surface area (TPSA) is 20.3 Å². The van der Waals surface area contributed by atoms with E-state index >= 15 is 0 Å². The molecule has 1 fully saturated rings. The zero-order valence-corrected chi connectivity index (χ0v) is 15.3. The zero-order chi connectivity index (χ0) is 15.8. The molecular formula is C18H30NOP. The molecule has 0 N–H and O–H groups in total. The van der Waals surface area contributed by atoms with Crippen molar-refractivity contribution in [1.82, 2.24) is 4.90 Å². The van der Waals surface area contributed by atoms with Gasteiger partial charge in [0.1, 0.15) is 0 Å². The van der Waals surface area contributed by atoms with Gasteiger partial charge >= 0.3 is 0 Å². The van der Waals surface area contributed by atoms with Gasteiger partial charge in [0.05, 0.1) is 7.14 Å². The third kappa shape index (κ3) is 3.79. The highest BCUT2D eigenvalue weighted by Gasteiger charge is 2.39. The molecule has 3 heteroatoms. The van der Waals surface area contributed by atoms with E-state index in [9.17, 15) is 4.57 Å². The molecule has 0 aromatic heterocycles. The standard InChI is InChI=1S/C18H30NOP/c1-14(2)15-9-7-8-10-16(15)17-13-21(6,20)12-11-19(17)18(3,4)5/h7-10,14,17H,11-13H2,1-6H3. The summed E-state index contributed by atoms with van der Waals surface area (Å²) in [5.74, 6) is 0.501. The Kier molecular flexibility index (Phi) is 4.71. The van der Waals surface area contributed by atoms with Crippen molar-refractivity contribution in [2.24, 2.45) is 0 Å². The maximum atomic E-state index is 12.7. The van der Waals surface area contributed by atoms with Crippen LogP contribution in [0.25, 0.3) is 0 Å². The summed E-state index contributed by atoms with van der Waals surface area (Å²) in [6.45, 7) is 14.2. The fraction of sp³-hybridized carbons (Fsp3) is 0.667. The van der Waals surface area contributed by atoms with Gasteiger partial charge in [-0.05, 0) is 44.5 Å². The zero-order valence-electron chi connectivity index (χ0n) is 14.4. The lowest BCUT2D eigenvalue weighted by molar-refractivity contribution is 0.0929. The van der Waals surface area contributed by atoms with Gasteiger partial charge in [-0.3, -0.25) is 4.90 Å². The number of benzene rings is 1. The van der Waals surface area contributed by atoms with Gasteiger partial charge in [-0.1, -0.05) is 38.1 Å². The minimum absolute atomic E-state index is 0.106. The first-order valence-electron chi connectivity index (χ1n) is 8.03. The molecule has 0 radical (unpaired) electrons. The smallest absolute Gasteiger partial charge is 0.0879 e. The van der Waals surface area contributed by atoms with Crippen molar-refractivity contribution >= 4 is 7.14 Å². The summed E-state index contributed by atoms with van der Waals surface area (Å²) >= 11 is 0. The molecule has 0 amide bonds. The van der Waals surface area contributed by atoms with Crippen LogP contribution in [-0.2, 0) is 4.57 Å². The van der Waals surface area contributed by atoms with Crippen LogP contribution in [0, 0.1) is 0 Å². The summed E-state index contributed by atoms with van der Waals surface area (Å²) in [7, 11) is -2.01. The van der Waals surface area contributed by atoms with E-state index in [2.05, 4.69) is 63.8 Å². The second-order valence-corrected chi connectivity index (χ2v) is 11.3. The van der Waals surface area contributed by atoms with Gasteiger partial charge in [0.2, 0.25) is 0 Å².